The average molecular weight is 275 g/mol. The van der Waals surface area contributed by atoms with E-state index in [0.29, 0.717) is 10.3 Å². The molecule has 82 valence electrons. The summed E-state index contributed by atoms with van der Waals surface area (Å²) in [6, 6.07) is 0. The van der Waals surface area contributed by atoms with E-state index in [1.54, 1.807) is 6.92 Å². The molecule has 15 heavy (non-hydrogen) atoms. The molecule has 0 unspecified atom stereocenters. The van der Waals surface area contributed by atoms with Gasteiger partial charge in [-0.1, -0.05) is 0 Å². The van der Waals surface area contributed by atoms with Crippen molar-refractivity contribution in [2.45, 2.75) is 13.5 Å². The normalized spacial score (nSPS) is 10.3. The summed E-state index contributed by atoms with van der Waals surface area (Å²) in [6.07, 6.45) is 1.43. The lowest BCUT2D eigenvalue weighted by Gasteiger charge is -2.07. The van der Waals surface area contributed by atoms with Crippen molar-refractivity contribution in [3.63, 3.8) is 0 Å². The second-order valence-electron chi connectivity index (χ2n) is 3.02. The Labute approximate surface area is 95.2 Å². The molecular weight excluding hydrogens is 264 g/mol. The molecule has 6 heteroatoms. The standard InChI is InChI=1S/C9H11BrN2O3/c1-6-11-3-8(10)9(14)12(6)4-7(13)5-15-2/h3H,4-5H2,1-2H3. The van der Waals surface area contributed by atoms with Gasteiger partial charge in [0.2, 0.25) is 0 Å². The van der Waals surface area contributed by atoms with Crippen molar-refractivity contribution in [1.82, 2.24) is 9.55 Å². The molecule has 0 aromatic carbocycles. The number of methoxy groups -OCH3 is 1. The van der Waals surface area contributed by atoms with Crippen LogP contribution in [0.5, 0.6) is 0 Å². The second-order valence-corrected chi connectivity index (χ2v) is 3.87. The van der Waals surface area contributed by atoms with E-state index < -0.39 is 0 Å². The minimum Gasteiger partial charge on any atom is -0.377 e. The maximum Gasteiger partial charge on any atom is 0.268 e. The van der Waals surface area contributed by atoms with Crippen LogP contribution in [0.3, 0.4) is 0 Å². The first-order valence-corrected chi connectivity index (χ1v) is 5.08. The molecule has 5 nitrogen and oxygen atoms in total. The smallest absolute Gasteiger partial charge is 0.268 e. The molecule has 0 N–H and O–H groups in total. The number of aryl methyl sites for hydroxylation is 1. The van der Waals surface area contributed by atoms with Gasteiger partial charge in [-0.05, 0) is 22.9 Å². The highest BCUT2D eigenvalue weighted by atomic mass is 79.9. The van der Waals surface area contributed by atoms with Gasteiger partial charge in [0, 0.05) is 13.3 Å². The van der Waals surface area contributed by atoms with Gasteiger partial charge in [-0.25, -0.2) is 4.98 Å². The zero-order chi connectivity index (χ0) is 11.4. The topological polar surface area (TPSA) is 61.2 Å². The zero-order valence-corrected chi connectivity index (χ0v) is 10.1. The first-order chi connectivity index (χ1) is 7.06. The van der Waals surface area contributed by atoms with Crippen LogP contribution in [0.4, 0.5) is 0 Å². The number of rotatable bonds is 4. The highest BCUT2D eigenvalue weighted by Crippen LogP contribution is 2.01. The van der Waals surface area contributed by atoms with Gasteiger partial charge in [-0.3, -0.25) is 14.2 Å². The summed E-state index contributed by atoms with van der Waals surface area (Å²) in [7, 11) is 1.44. The average Bonchev–Trinajstić information content (AvgIpc) is 2.19. The molecule has 1 heterocycles. The van der Waals surface area contributed by atoms with Crippen LogP contribution in [0, 0.1) is 6.92 Å². The molecule has 0 atom stereocenters. The summed E-state index contributed by atoms with van der Waals surface area (Å²) in [4.78, 5) is 26.9. The Bertz CT molecular complexity index is 428. The lowest BCUT2D eigenvalue weighted by Crippen LogP contribution is -2.28. The first kappa shape index (κ1) is 12.1. The van der Waals surface area contributed by atoms with E-state index in [4.69, 9.17) is 0 Å². The van der Waals surface area contributed by atoms with E-state index in [0.717, 1.165) is 0 Å². The maximum absolute atomic E-state index is 11.6. The molecule has 0 radical (unpaired) electrons. The Hall–Kier alpha value is -1.01. The van der Waals surface area contributed by atoms with Crippen LogP contribution in [0.25, 0.3) is 0 Å². The fraction of sp³-hybridized carbons (Fsp3) is 0.444. The fourth-order valence-electron chi connectivity index (χ4n) is 1.12. The molecule has 0 aliphatic rings. The van der Waals surface area contributed by atoms with Crippen molar-refractivity contribution in [1.29, 1.82) is 0 Å². The molecule has 0 bridgehead atoms. The third-order valence-electron chi connectivity index (χ3n) is 1.84. The van der Waals surface area contributed by atoms with Crippen LogP contribution in [0.1, 0.15) is 5.82 Å². The Morgan fingerprint density at radius 1 is 1.67 bits per heavy atom. The van der Waals surface area contributed by atoms with Gasteiger partial charge < -0.3 is 4.74 Å². The number of Topliss-reactive ketones (excluding diaryl/α,β-unsaturated/α-hetero) is 1. The molecule has 0 amide bonds. The van der Waals surface area contributed by atoms with Crippen molar-refractivity contribution < 1.29 is 9.53 Å². The van der Waals surface area contributed by atoms with Crippen LogP contribution in [0.2, 0.25) is 0 Å². The van der Waals surface area contributed by atoms with Gasteiger partial charge in [-0.15, -0.1) is 0 Å². The van der Waals surface area contributed by atoms with E-state index in [1.807, 2.05) is 0 Å². The summed E-state index contributed by atoms with van der Waals surface area (Å²) in [6.45, 7) is 1.66. The first-order valence-electron chi connectivity index (χ1n) is 4.29. The van der Waals surface area contributed by atoms with E-state index in [9.17, 15) is 9.59 Å². The number of carbonyl (C=O) groups is 1. The van der Waals surface area contributed by atoms with Gasteiger partial charge in [0.1, 0.15) is 16.9 Å². The number of ketones is 1. The van der Waals surface area contributed by atoms with Crippen LogP contribution in [-0.4, -0.2) is 29.1 Å². The van der Waals surface area contributed by atoms with Gasteiger partial charge in [-0.2, -0.15) is 0 Å². The molecule has 1 aromatic heterocycles. The molecule has 0 saturated carbocycles. The summed E-state index contributed by atoms with van der Waals surface area (Å²) in [5.74, 6) is 0.343. The third kappa shape index (κ3) is 2.97. The van der Waals surface area contributed by atoms with Gasteiger partial charge in [0.05, 0.1) is 6.54 Å². The number of nitrogens with zero attached hydrogens (tertiary/aromatic N) is 2. The van der Waals surface area contributed by atoms with Crippen LogP contribution >= 0.6 is 15.9 Å². The number of hydrogen-bond acceptors (Lipinski definition) is 4. The Morgan fingerprint density at radius 2 is 2.33 bits per heavy atom. The minimum absolute atomic E-state index is 0.00159. The van der Waals surface area contributed by atoms with Crippen molar-refractivity contribution in [3.05, 3.63) is 26.8 Å². The molecule has 0 aliphatic carbocycles. The van der Waals surface area contributed by atoms with E-state index >= 15 is 0 Å². The van der Waals surface area contributed by atoms with E-state index in [2.05, 4.69) is 25.7 Å². The summed E-state index contributed by atoms with van der Waals surface area (Å²) < 4.78 is 6.35. The van der Waals surface area contributed by atoms with Crippen molar-refractivity contribution in [2.24, 2.45) is 0 Å². The molecule has 1 aromatic rings. The van der Waals surface area contributed by atoms with E-state index in [-0.39, 0.29) is 24.5 Å². The molecule has 0 saturated heterocycles. The third-order valence-corrected chi connectivity index (χ3v) is 2.39. The van der Waals surface area contributed by atoms with Gasteiger partial charge in [0.15, 0.2) is 5.78 Å². The van der Waals surface area contributed by atoms with Gasteiger partial charge in [0.25, 0.3) is 5.56 Å². The van der Waals surface area contributed by atoms with E-state index in [1.165, 1.54) is 17.9 Å². The predicted molar refractivity (Wildman–Crippen MR) is 57.8 cm³/mol. The Balaban J connectivity index is 2.99. The van der Waals surface area contributed by atoms with Crippen LogP contribution in [-0.2, 0) is 16.1 Å². The maximum atomic E-state index is 11.6. The summed E-state index contributed by atoms with van der Waals surface area (Å²) in [5, 5.41) is 0. The number of halogens is 1. The second kappa shape index (κ2) is 5.18. The highest BCUT2D eigenvalue weighted by molar-refractivity contribution is 9.10. The quantitative estimate of drug-likeness (QED) is 0.804. The SMILES string of the molecule is COCC(=O)Cn1c(C)ncc(Br)c1=O. The van der Waals surface area contributed by atoms with Crippen molar-refractivity contribution >= 4 is 21.7 Å². The fourth-order valence-corrected chi connectivity index (χ4v) is 1.44. The number of hydrogen-bond donors (Lipinski definition) is 0. The lowest BCUT2D eigenvalue weighted by atomic mass is 10.4. The summed E-state index contributed by atoms with van der Waals surface area (Å²) in [5.41, 5.74) is -0.257. The predicted octanol–water partition coefficient (Wildman–Crippen LogP) is 0.530. The largest absolute Gasteiger partial charge is 0.377 e. The number of aromatic nitrogens is 2. The monoisotopic (exact) mass is 274 g/mol. The molecule has 0 aliphatic heterocycles. The molecule has 0 spiro atoms. The van der Waals surface area contributed by atoms with Crippen LogP contribution < -0.4 is 5.56 Å². The molecule has 0 fully saturated rings. The Morgan fingerprint density at radius 3 is 2.93 bits per heavy atom. The molecule has 1 rings (SSSR count). The lowest BCUT2D eigenvalue weighted by molar-refractivity contribution is -0.123. The van der Waals surface area contributed by atoms with Crippen molar-refractivity contribution in [3.8, 4) is 0 Å². The van der Waals surface area contributed by atoms with Gasteiger partial charge >= 0.3 is 0 Å². The summed E-state index contributed by atoms with van der Waals surface area (Å²) >= 11 is 3.07. The number of carbonyl (C=O) groups excluding carboxylic acids is 1. The zero-order valence-electron chi connectivity index (χ0n) is 8.49. The minimum atomic E-state index is -0.257. The van der Waals surface area contributed by atoms with Crippen LogP contribution in [0.15, 0.2) is 15.5 Å². The highest BCUT2D eigenvalue weighted by Gasteiger charge is 2.09. The number of ether oxygens (including phenoxy) is 1. The van der Waals surface area contributed by atoms with Crippen molar-refractivity contribution in [2.75, 3.05) is 13.7 Å². The Kier molecular flexibility index (Phi) is 4.16. The molecular formula is C9H11BrN2O3.